The smallest absolute Gasteiger partial charge is 0.318 e. The fourth-order valence-corrected chi connectivity index (χ4v) is 0.790. The summed E-state index contributed by atoms with van der Waals surface area (Å²) < 4.78 is 1.30. The number of anilines is 1. The number of nitrogens with zero attached hydrogens (tertiary/aromatic N) is 2. The Balaban J connectivity index is 2.50. The number of nitrogen functional groups attached to an aromatic ring is 1. The van der Waals surface area contributed by atoms with Gasteiger partial charge >= 0.3 is 6.03 Å². The van der Waals surface area contributed by atoms with Gasteiger partial charge in [0.2, 0.25) is 5.91 Å². The summed E-state index contributed by atoms with van der Waals surface area (Å²) in [4.78, 5) is 21.2. The molecule has 0 unspecified atom stereocenters. The van der Waals surface area contributed by atoms with Gasteiger partial charge in [-0.05, 0) is 0 Å². The number of aromatic nitrogens is 2. The Morgan fingerprint density at radius 2 is 2.31 bits per heavy atom. The van der Waals surface area contributed by atoms with Crippen molar-refractivity contribution in [3.8, 4) is 0 Å². The van der Waals surface area contributed by atoms with Crippen LogP contribution in [-0.4, -0.2) is 21.7 Å². The molecule has 0 spiro atoms. The lowest BCUT2D eigenvalue weighted by Crippen LogP contribution is -2.37. The molecular formula is C6H9N5O2. The average molecular weight is 183 g/mol. The van der Waals surface area contributed by atoms with Crippen LogP contribution in [0.4, 0.5) is 10.5 Å². The number of carbonyl (C=O) groups excluding carboxylic acids is 2. The molecule has 0 saturated carbocycles. The lowest BCUT2D eigenvalue weighted by atomic mass is 10.5. The second-order valence-corrected chi connectivity index (χ2v) is 2.38. The van der Waals surface area contributed by atoms with E-state index in [9.17, 15) is 9.59 Å². The molecule has 1 aromatic rings. The van der Waals surface area contributed by atoms with Gasteiger partial charge in [0.1, 0.15) is 6.54 Å². The maximum atomic E-state index is 10.9. The molecular weight excluding hydrogens is 174 g/mol. The minimum absolute atomic E-state index is 0.0832. The van der Waals surface area contributed by atoms with E-state index in [1.165, 1.54) is 17.1 Å². The molecule has 3 amide bonds. The summed E-state index contributed by atoms with van der Waals surface area (Å²) >= 11 is 0. The Kier molecular flexibility index (Phi) is 2.48. The predicted molar refractivity (Wildman–Crippen MR) is 44.4 cm³/mol. The molecule has 7 heteroatoms. The molecule has 0 aromatic carbocycles. The van der Waals surface area contributed by atoms with Gasteiger partial charge in [0.15, 0.2) is 0 Å². The Bertz CT molecular complexity index is 332. The van der Waals surface area contributed by atoms with Crippen molar-refractivity contribution < 1.29 is 9.59 Å². The first kappa shape index (κ1) is 9.04. The summed E-state index contributed by atoms with van der Waals surface area (Å²) in [5.41, 5.74) is 10.5. The maximum Gasteiger partial charge on any atom is 0.318 e. The zero-order valence-corrected chi connectivity index (χ0v) is 6.73. The molecule has 70 valence electrons. The number of urea groups is 1. The highest BCUT2D eigenvalue weighted by Gasteiger charge is 2.05. The van der Waals surface area contributed by atoms with Gasteiger partial charge in [0.05, 0.1) is 11.9 Å². The maximum absolute atomic E-state index is 10.9. The molecule has 0 fully saturated rings. The van der Waals surface area contributed by atoms with Crippen molar-refractivity contribution in [3.05, 3.63) is 12.4 Å². The van der Waals surface area contributed by atoms with Crippen LogP contribution < -0.4 is 16.8 Å². The summed E-state index contributed by atoms with van der Waals surface area (Å²) in [5, 5.41) is 5.64. The lowest BCUT2D eigenvalue weighted by Gasteiger charge is -1.99. The number of nitrogens with one attached hydrogen (secondary N) is 1. The van der Waals surface area contributed by atoms with E-state index >= 15 is 0 Å². The standard InChI is InChI=1S/C6H9N5O2/c7-4-1-9-11(2-4)3-5(12)10-6(8)13/h1-2H,3,7H2,(H3,8,10,12,13). The van der Waals surface area contributed by atoms with E-state index in [1.807, 2.05) is 5.32 Å². The summed E-state index contributed by atoms with van der Waals surface area (Å²) in [5.74, 6) is -0.532. The van der Waals surface area contributed by atoms with Gasteiger partial charge < -0.3 is 11.5 Å². The second-order valence-electron chi connectivity index (χ2n) is 2.38. The lowest BCUT2D eigenvalue weighted by molar-refractivity contribution is -0.120. The summed E-state index contributed by atoms with van der Waals surface area (Å²) in [6.07, 6.45) is 2.87. The van der Waals surface area contributed by atoms with Gasteiger partial charge in [-0.15, -0.1) is 0 Å². The zero-order valence-electron chi connectivity index (χ0n) is 6.73. The van der Waals surface area contributed by atoms with Gasteiger partial charge in [-0.3, -0.25) is 14.8 Å². The Labute approximate surface area is 73.7 Å². The minimum Gasteiger partial charge on any atom is -0.396 e. The Morgan fingerprint density at radius 1 is 1.62 bits per heavy atom. The van der Waals surface area contributed by atoms with E-state index in [0.717, 1.165) is 0 Å². The molecule has 5 N–H and O–H groups in total. The third-order valence-electron chi connectivity index (χ3n) is 1.22. The second kappa shape index (κ2) is 3.57. The van der Waals surface area contributed by atoms with Gasteiger partial charge in [0, 0.05) is 6.20 Å². The molecule has 1 rings (SSSR count). The molecule has 1 aromatic heterocycles. The first-order valence-electron chi connectivity index (χ1n) is 3.45. The molecule has 0 saturated heterocycles. The van der Waals surface area contributed by atoms with E-state index in [0.29, 0.717) is 5.69 Å². The van der Waals surface area contributed by atoms with Crippen LogP contribution >= 0.6 is 0 Å². The molecule has 7 nitrogen and oxygen atoms in total. The molecule has 0 aliphatic heterocycles. The number of carbonyl (C=O) groups is 2. The number of amides is 3. The molecule has 0 bridgehead atoms. The van der Waals surface area contributed by atoms with Crippen LogP contribution in [0.3, 0.4) is 0 Å². The van der Waals surface area contributed by atoms with Crippen molar-refractivity contribution in [2.75, 3.05) is 5.73 Å². The number of primary amides is 1. The van der Waals surface area contributed by atoms with Crippen LogP contribution in [-0.2, 0) is 11.3 Å². The number of nitrogens with two attached hydrogens (primary N) is 2. The van der Waals surface area contributed by atoms with E-state index in [1.54, 1.807) is 0 Å². The fraction of sp³-hybridized carbons (Fsp3) is 0.167. The van der Waals surface area contributed by atoms with Gasteiger partial charge in [-0.25, -0.2) is 4.79 Å². The van der Waals surface area contributed by atoms with Crippen molar-refractivity contribution in [2.24, 2.45) is 5.73 Å². The van der Waals surface area contributed by atoms with E-state index in [4.69, 9.17) is 11.5 Å². The van der Waals surface area contributed by atoms with Gasteiger partial charge in [0.25, 0.3) is 0 Å². The number of rotatable bonds is 2. The van der Waals surface area contributed by atoms with Crippen LogP contribution in [0.15, 0.2) is 12.4 Å². The molecule has 0 atom stereocenters. The third kappa shape index (κ3) is 2.81. The molecule has 0 radical (unpaired) electrons. The molecule has 0 aliphatic carbocycles. The van der Waals surface area contributed by atoms with Crippen molar-refractivity contribution >= 4 is 17.6 Å². The highest BCUT2D eigenvalue weighted by atomic mass is 16.2. The van der Waals surface area contributed by atoms with Crippen LogP contribution in [0.2, 0.25) is 0 Å². The third-order valence-corrected chi connectivity index (χ3v) is 1.22. The first-order chi connectivity index (χ1) is 6.08. The van der Waals surface area contributed by atoms with Gasteiger partial charge in [-0.2, -0.15) is 5.10 Å². The largest absolute Gasteiger partial charge is 0.396 e. The van der Waals surface area contributed by atoms with Crippen LogP contribution in [0.25, 0.3) is 0 Å². The number of hydrogen-bond donors (Lipinski definition) is 3. The Hall–Kier alpha value is -2.05. The number of imide groups is 1. The summed E-state index contributed by atoms with van der Waals surface area (Å²) in [7, 11) is 0. The topological polar surface area (TPSA) is 116 Å². The number of hydrogen-bond acceptors (Lipinski definition) is 4. The molecule has 13 heavy (non-hydrogen) atoms. The van der Waals surface area contributed by atoms with Crippen LogP contribution in [0.1, 0.15) is 0 Å². The van der Waals surface area contributed by atoms with E-state index in [2.05, 4.69) is 5.10 Å². The fourth-order valence-electron chi connectivity index (χ4n) is 0.790. The quantitative estimate of drug-likeness (QED) is 0.526. The highest BCUT2D eigenvalue weighted by molar-refractivity contribution is 5.93. The van der Waals surface area contributed by atoms with E-state index in [-0.39, 0.29) is 6.54 Å². The summed E-state index contributed by atoms with van der Waals surface area (Å²) in [6.45, 7) is -0.0832. The Morgan fingerprint density at radius 3 is 2.77 bits per heavy atom. The summed E-state index contributed by atoms with van der Waals surface area (Å²) in [6, 6.07) is -0.884. The van der Waals surface area contributed by atoms with Crippen molar-refractivity contribution in [3.63, 3.8) is 0 Å². The average Bonchev–Trinajstić information content (AvgIpc) is 2.33. The molecule has 1 heterocycles. The zero-order chi connectivity index (χ0) is 9.84. The van der Waals surface area contributed by atoms with Crippen molar-refractivity contribution in [1.82, 2.24) is 15.1 Å². The van der Waals surface area contributed by atoms with Crippen molar-refractivity contribution in [1.29, 1.82) is 0 Å². The highest BCUT2D eigenvalue weighted by Crippen LogP contribution is 1.96. The van der Waals surface area contributed by atoms with Gasteiger partial charge in [-0.1, -0.05) is 0 Å². The normalized spacial score (nSPS) is 9.54. The minimum atomic E-state index is -0.884. The monoisotopic (exact) mass is 183 g/mol. The van der Waals surface area contributed by atoms with E-state index < -0.39 is 11.9 Å². The SMILES string of the molecule is NC(=O)NC(=O)Cn1cc(N)cn1. The van der Waals surface area contributed by atoms with Crippen LogP contribution in [0.5, 0.6) is 0 Å². The predicted octanol–water partition coefficient (Wildman–Crippen LogP) is -1.34. The molecule has 0 aliphatic rings. The first-order valence-corrected chi connectivity index (χ1v) is 3.45. The van der Waals surface area contributed by atoms with Crippen molar-refractivity contribution in [2.45, 2.75) is 6.54 Å². The van der Waals surface area contributed by atoms with Crippen LogP contribution in [0, 0.1) is 0 Å².